The minimum atomic E-state index is -4.40. The van der Waals surface area contributed by atoms with Gasteiger partial charge in [-0.25, -0.2) is 0 Å². The Labute approximate surface area is 86.0 Å². The maximum atomic E-state index is 11.6. The number of carbonyl (C=O) groups is 1. The number of nitrogens with two attached hydrogens (primary N) is 1. The zero-order chi connectivity index (χ0) is 11.9. The highest BCUT2D eigenvalue weighted by Crippen LogP contribution is 2.13. The van der Waals surface area contributed by atoms with Crippen LogP contribution in [0.4, 0.5) is 13.2 Å². The van der Waals surface area contributed by atoms with Crippen molar-refractivity contribution >= 4 is 5.91 Å². The van der Waals surface area contributed by atoms with Crippen molar-refractivity contribution < 1.29 is 22.7 Å². The maximum absolute atomic E-state index is 11.6. The number of halogens is 3. The van der Waals surface area contributed by atoms with E-state index in [9.17, 15) is 18.0 Å². The number of rotatable bonds is 6. The fraction of sp³-hybridized carbons (Fsp3) is 0.875. The van der Waals surface area contributed by atoms with Gasteiger partial charge in [-0.15, -0.1) is 0 Å². The second-order valence-corrected chi connectivity index (χ2v) is 3.15. The van der Waals surface area contributed by atoms with Crippen molar-refractivity contribution in [3.63, 3.8) is 0 Å². The van der Waals surface area contributed by atoms with Crippen molar-refractivity contribution in [3.05, 3.63) is 0 Å². The second kappa shape index (κ2) is 6.62. The van der Waals surface area contributed by atoms with Crippen molar-refractivity contribution in [2.24, 2.45) is 5.73 Å². The molecule has 0 aromatic carbocycles. The van der Waals surface area contributed by atoms with E-state index in [0.29, 0.717) is 13.0 Å². The molecule has 0 heterocycles. The van der Waals surface area contributed by atoms with Crippen molar-refractivity contribution in [3.8, 4) is 0 Å². The van der Waals surface area contributed by atoms with Gasteiger partial charge in [-0.05, 0) is 19.9 Å². The van der Waals surface area contributed by atoms with Crippen LogP contribution in [-0.4, -0.2) is 37.9 Å². The van der Waals surface area contributed by atoms with Gasteiger partial charge in [0.25, 0.3) is 0 Å². The maximum Gasteiger partial charge on any atom is 0.411 e. The number of amides is 1. The summed E-state index contributed by atoms with van der Waals surface area (Å²) in [4.78, 5) is 11.0. The summed E-state index contributed by atoms with van der Waals surface area (Å²) in [6, 6.07) is -0.156. The fourth-order valence-corrected chi connectivity index (χ4v) is 0.898. The Morgan fingerprint density at radius 3 is 2.60 bits per heavy atom. The largest absolute Gasteiger partial charge is 0.411 e. The summed E-state index contributed by atoms with van der Waals surface area (Å²) in [5.41, 5.74) is 5.23. The highest BCUT2D eigenvalue weighted by atomic mass is 19.4. The van der Waals surface area contributed by atoms with Gasteiger partial charge in [0.1, 0.15) is 13.2 Å². The number of hydrogen-bond donors (Lipinski definition) is 2. The van der Waals surface area contributed by atoms with Gasteiger partial charge in [0, 0.05) is 6.04 Å². The zero-order valence-electron chi connectivity index (χ0n) is 8.43. The fourth-order valence-electron chi connectivity index (χ4n) is 0.898. The van der Waals surface area contributed by atoms with Crippen LogP contribution in [0.2, 0.25) is 0 Å². The molecule has 3 N–H and O–H groups in total. The molecule has 0 aliphatic heterocycles. The first-order valence-corrected chi connectivity index (χ1v) is 4.49. The molecule has 1 amide bonds. The lowest BCUT2D eigenvalue weighted by atomic mass is 10.2. The highest BCUT2D eigenvalue weighted by molar-refractivity contribution is 5.77. The van der Waals surface area contributed by atoms with Crippen LogP contribution in [0.3, 0.4) is 0 Å². The summed E-state index contributed by atoms with van der Waals surface area (Å²) in [6.45, 7) is 0.124. The molecule has 0 fully saturated rings. The Morgan fingerprint density at radius 1 is 1.53 bits per heavy atom. The van der Waals surface area contributed by atoms with E-state index in [-0.39, 0.29) is 6.04 Å². The summed E-state index contributed by atoms with van der Waals surface area (Å²) in [5.74, 6) is -0.569. The Hall–Kier alpha value is -0.820. The van der Waals surface area contributed by atoms with Crippen molar-refractivity contribution in [2.75, 3.05) is 19.8 Å². The monoisotopic (exact) mass is 228 g/mol. The van der Waals surface area contributed by atoms with Crippen LogP contribution < -0.4 is 11.1 Å². The molecular weight excluding hydrogens is 213 g/mol. The first kappa shape index (κ1) is 14.2. The van der Waals surface area contributed by atoms with Crippen LogP contribution >= 0.6 is 0 Å². The van der Waals surface area contributed by atoms with Crippen molar-refractivity contribution in [1.29, 1.82) is 0 Å². The first-order chi connectivity index (χ1) is 6.85. The molecule has 0 radical (unpaired) electrons. The lowest BCUT2D eigenvalue weighted by Gasteiger charge is -2.13. The minimum Gasteiger partial charge on any atom is -0.362 e. The van der Waals surface area contributed by atoms with E-state index in [4.69, 9.17) is 5.73 Å². The Kier molecular flexibility index (Phi) is 6.26. The van der Waals surface area contributed by atoms with E-state index < -0.39 is 25.3 Å². The van der Waals surface area contributed by atoms with E-state index in [0.717, 1.165) is 0 Å². The molecule has 7 heteroatoms. The predicted octanol–water partition coefficient (Wildman–Crippen LogP) is 0.419. The van der Waals surface area contributed by atoms with Gasteiger partial charge in [0.2, 0.25) is 5.91 Å². The summed E-state index contributed by atoms with van der Waals surface area (Å²) in [7, 11) is 0. The van der Waals surface area contributed by atoms with Crippen LogP contribution in [0.15, 0.2) is 0 Å². The number of hydrogen-bond acceptors (Lipinski definition) is 3. The highest BCUT2D eigenvalue weighted by Gasteiger charge is 2.27. The molecule has 0 aromatic rings. The molecule has 15 heavy (non-hydrogen) atoms. The molecule has 1 unspecified atom stereocenters. The van der Waals surface area contributed by atoms with Crippen molar-refractivity contribution in [2.45, 2.75) is 25.6 Å². The molecule has 0 saturated heterocycles. The lowest BCUT2D eigenvalue weighted by molar-refractivity contribution is -0.175. The zero-order valence-corrected chi connectivity index (χ0v) is 8.43. The summed E-state index contributed by atoms with van der Waals surface area (Å²) < 4.78 is 39.0. The molecule has 0 aliphatic rings. The number of nitrogens with one attached hydrogen (secondary N) is 1. The molecule has 4 nitrogen and oxygen atoms in total. The second-order valence-electron chi connectivity index (χ2n) is 3.15. The van der Waals surface area contributed by atoms with E-state index in [1.807, 2.05) is 0 Å². The predicted molar refractivity (Wildman–Crippen MR) is 48.2 cm³/mol. The van der Waals surface area contributed by atoms with Gasteiger partial charge in [-0.2, -0.15) is 13.2 Å². The summed E-state index contributed by atoms with van der Waals surface area (Å²) >= 11 is 0. The average molecular weight is 228 g/mol. The van der Waals surface area contributed by atoms with Gasteiger partial charge in [-0.3, -0.25) is 4.79 Å². The summed E-state index contributed by atoms with van der Waals surface area (Å²) in [5, 5.41) is 2.46. The molecule has 0 bridgehead atoms. The Morgan fingerprint density at radius 2 is 2.13 bits per heavy atom. The third kappa shape index (κ3) is 9.48. The van der Waals surface area contributed by atoms with Crippen LogP contribution in [0, 0.1) is 0 Å². The molecule has 0 aliphatic carbocycles. The molecule has 0 spiro atoms. The number of ether oxygens (including phenoxy) is 1. The van der Waals surface area contributed by atoms with E-state index in [1.54, 1.807) is 6.92 Å². The molecular formula is C8H15F3N2O2. The molecule has 0 rings (SSSR count). The molecule has 0 saturated carbocycles. The Bertz CT molecular complexity index is 197. The van der Waals surface area contributed by atoms with Crippen molar-refractivity contribution in [1.82, 2.24) is 5.32 Å². The standard InChI is InChI=1S/C8H15F3N2O2/c1-6(2-3-12)13-7(14)4-15-5-8(9,10)11/h6H,2-5,12H2,1H3,(H,13,14). The average Bonchev–Trinajstić information content (AvgIpc) is 2.01. The van der Waals surface area contributed by atoms with Gasteiger partial charge < -0.3 is 15.8 Å². The third-order valence-corrected chi connectivity index (χ3v) is 1.51. The first-order valence-electron chi connectivity index (χ1n) is 4.49. The van der Waals surface area contributed by atoms with Gasteiger partial charge >= 0.3 is 6.18 Å². The normalized spacial score (nSPS) is 13.7. The Balaban J connectivity index is 3.58. The van der Waals surface area contributed by atoms with Crippen LogP contribution in [0.25, 0.3) is 0 Å². The smallest absolute Gasteiger partial charge is 0.362 e. The van der Waals surface area contributed by atoms with E-state index in [1.165, 1.54) is 0 Å². The minimum absolute atomic E-state index is 0.156. The lowest BCUT2D eigenvalue weighted by Crippen LogP contribution is -2.37. The van der Waals surface area contributed by atoms with E-state index >= 15 is 0 Å². The summed E-state index contributed by atoms with van der Waals surface area (Å²) in [6.07, 6.45) is -3.83. The number of alkyl halides is 3. The topological polar surface area (TPSA) is 64.3 Å². The van der Waals surface area contributed by atoms with E-state index in [2.05, 4.69) is 10.1 Å². The molecule has 0 aromatic heterocycles. The van der Waals surface area contributed by atoms with Crippen LogP contribution in [0.1, 0.15) is 13.3 Å². The van der Waals surface area contributed by atoms with Gasteiger partial charge in [0.15, 0.2) is 0 Å². The molecule has 90 valence electrons. The van der Waals surface area contributed by atoms with Crippen LogP contribution in [-0.2, 0) is 9.53 Å². The molecule has 1 atom stereocenters. The van der Waals surface area contributed by atoms with Gasteiger partial charge in [0.05, 0.1) is 0 Å². The third-order valence-electron chi connectivity index (χ3n) is 1.51. The van der Waals surface area contributed by atoms with Gasteiger partial charge in [-0.1, -0.05) is 0 Å². The van der Waals surface area contributed by atoms with Crippen LogP contribution in [0.5, 0.6) is 0 Å². The SMILES string of the molecule is CC(CCN)NC(=O)COCC(F)(F)F. The number of carbonyl (C=O) groups excluding carboxylic acids is 1. The quantitative estimate of drug-likeness (QED) is 0.692.